The third kappa shape index (κ3) is 4.18. The van der Waals surface area contributed by atoms with Crippen LogP contribution in [0.2, 0.25) is 0 Å². The normalized spacial score (nSPS) is 20.8. The highest BCUT2D eigenvalue weighted by Crippen LogP contribution is 2.54. The van der Waals surface area contributed by atoms with Crippen molar-refractivity contribution in [3.63, 3.8) is 0 Å². The Labute approximate surface area is 170 Å². The predicted octanol–water partition coefficient (Wildman–Crippen LogP) is 4.61. The Bertz CT molecular complexity index is 581. The van der Waals surface area contributed by atoms with Gasteiger partial charge >= 0.3 is 0 Å². The van der Waals surface area contributed by atoms with Crippen LogP contribution in [0.15, 0.2) is 11.9 Å². The fourth-order valence-electron chi connectivity index (χ4n) is 5.13. The van der Waals surface area contributed by atoms with Crippen LogP contribution in [0.3, 0.4) is 0 Å². The lowest BCUT2D eigenvalue weighted by molar-refractivity contribution is -0.516. The summed E-state index contributed by atoms with van der Waals surface area (Å²) in [7, 11) is -0.259. The first-order chi connectivity index (χ1) is 12.7. The zero-order valence-electron chi connectivity index (χ0n) is 18.8. The van der Waals surface area contributed by atoms with Crippen molar-refractivity contribution in [3.8, 4) is 0 Å². The standard InChI is InChI=1S/C21H41N4P2/c1-16(2)26(17(3)4)24-13-11-22-9-10-23-12-14-25(21(23)15-20(22)24)27(18(5)6)19(7)8/h15-19H,9-14H2,1-8H3/q+1. The van der Waals surface area contributed by atoms with Crippen molar-refractivity contribution in [2.45, 2.75) is 78.0 Å². The van der Waals surface area contributed by atoms with E-state index >= 15 is 0 Å². The maximum atomic E-state index is 2.80. The Morgan fingerprint density at radius 2 is 1.22 bits per heavy atom. The summed E-state index contributed by atoms with van der Waals surface area (Å²) in [6.07, 6.45) is 2.58. The van der Waals surface area contributed by atoms with E-state index in [2.05, 4.69) is 80.3 Å². The van der Waals surface area contributed by atoms with Crippen molar-refractivity contribution in [2.24, 2.45) is 0 Å². The fraction of sp³-hybridized carbons (Fsp3) is 0.857. The van der Waals surface area contributed by atoms with E-state index in [1.807, 2.05) is 0 Å². The molecule has 0 bridgehead atoms. The molecular weight excluding hydrogens is 370 g/mol. The van der Waals surface area contributed by atoms with Crippen LogP contribution in [-0.2, 0) is 0 Å². The van der Waals surface area contributed by atoms with Crippen LogP contribution in [0, 0.1) is 0 Å². The first kappa shape index (κ1) is 21.4. The smallest absolute Gasteiger partial charge is 0.278 e. The molecule has 3 aliphatic heterocycles. The van der Waals surface area contributed by atoms with Gasteiger partial charge in [-0.2, -0.15) is 0 Å². The molecule has 27 heavy (non-hydrogen) atoms. The molecule has 0 aliphatic carbocycles. The van der Waals surface area contributed by atoms with Crippen molar-refractivity contribution in [3.05, 3.63) is 11.9 Å². The Balaban J connectivity index is 1.96. The second-order valence-electron chi connectivity index (χ2n) is 9.22. The first-order valence-electron chi connectivity index (χ1n) is 10.9. The van der Waals surface area contributed by atoms with Crippen molar-refractivity contribution in [2.75, 3.05) is 39.3 Å². The van der Waals surface area contributed by atoms with Gasteiger partial charge in [-0.1, -0.05) is 55.4 Å². The molecule has 4 nitrogen and oxygen atoms in total. The highest BCUT2D eigenvalue weighted by atomic mass is 31.1. The summed E-state index contributed by atoms with van der Waals surface area (Å²) in [4.78, 5) is 2.66. The van der Waals surface area contributed by atoms with E-state index in [1.54, 1.807) is 0 Å². The average Bonchev–Trinajstić information content (AvgIpc) is 3.06. The van der Waals surface area contributed by atoms with Crippen molar-refractivity contribution in [1.29, 1.82) is 0 Å². The predicted molar refractivity (Wildman–Crippen MR) is 122 cm³/mol. The van der Waals surface area contributed by atoms with Crippen molar-refractivity contribution < 1.29 is 4.58 Å². The summed E-state index contributed by atoms with van der Waals surface area (Å²) in [5.74, 6) is 3.05. The Hall–Kier alpha value is -0.330. The maximum absolute atomic E-state index is 2.80. The summed E-state index contributed by atoms with van der Waals surface area (Å²) < 4.78 is 8.26. The number of hydrogen-bond acceptors (Lipinski definition) is 3. The minimum Gasteiger partial charge on any atom is -0.352 e. The Morgan fingerprint density at radius 3 is 1.78 bits per heavy atom. The van der Waals surface area contributed by atoms with E-state index in [0.29, 0.717) is 0 Å². The number of rotatable bonds is 6. The van der Waals surface area contributed by atoms with E-state index in [0.717, 1.165) is 22.6 Å². The van der Waals surface area contributed by atoms with Gasteiger partial charge in [0, 0.05) is 24.4 Å². The quantitative estimate of drug-likeness (QED) is 0.468. The third-order valence-corrected chi connectivity index (χ3v) is 12.1. The van der Waals surface area contributed by atoms with Crippen LogP contribution < -0.4 is 0 Å². The van der Waals surface area contributed by atoms with Crippen LogP contribution in [0.1, 0.15) is 55.4 Å². The molecule has 1 saturated heterocycles. The summed E-state index contributed by atoms with van der Waals surface area (Å²) in [5.41, 5.74) is 2.98. The van der Waals surface area contributed by atoms with Gasteiger partial charge in [0.15, 0.2) is 0 Å². The number of hydrogen-bond donors (Lipinski definition) is 0. The third-order valence-electron chi connectivity index (χ3n) is 5.91. The zero-order chi connectivity index (χ0) is 19.9. The molecule has 3 aliphatic rings. The molecule has 0 amide bonds. The van der Waals surface area contributed by atoms with Gasteiger partial charge in [0.2, 0.25) is 0 Å². The summed E-state index contributed by atoms with van der Waals surface area (Å²) in [5, 5.41) is 0. The van der Waals surface area contributed by atoms with Crippen LogP contribution in [0.4, 0.5) is 0 Å². The Kier molecular flexibility index (Phi) is 6.79. The molecule has 0 unspecified atom stereocenters. The van der Waals surface area contributed by atoms with Crippen LogP contribution >= 0.6 is 16.1 Å². The van der Waals surface area contributed by atoms with E-state index in [9.17, 15) is 0 Å². The van der Waals surface area contributed by atoms with Crippen LogP contribution in [0.5, 0.6) is 0 Å². The highest BCUT2D eigenvalue weighted by Gasteiger charge is 2.43. The molecule has 0 radical (unpaired) electrons. The molecule has 0 saturated carbocycles. The van der Waals surface area contributed by atoms with Gasteiger partial charge in [0.05, 0.1) is 20.7 Å². The molecule has 0 N–H and O–H groups in total. The number of amidine groups is 1. The minimum absolute atomic E-state index is 0.129. The van der Waals surface area contributed by atoms with Crippen molar-refractivity contribution >= 4 is 22.0 Å². The van der Waals surface area contributed by atoms with E-state index < -0.39 is 0 Å². The maximum Gasteiger partial charge on any atom is 0.278 e. The molecule has 3 heterocycles. The molecule has 1 fully saturated rings. The van der Waals surface area contributed by atoms with Crippen LogP contribution in [0.25, 0.3) is 0 Å². The lowest BCUT2D eigenvalue weighted by atomic mass is 10.4. The highest BCUT2D eigenvalue weighted by molar-refractivity contribution is 7.57. The van der Waals surface area contributed by atoms with Gasteiger partial charge in [-0.3, -0.25) is 4.58 Å². The summed E-state index contributed by atoms with van der Waals surface area (Å²) in [6.45, 7) is 26.6. The van der Waals surface area contributed by atoms with Gasteiger partial charge in [0.1, 0.15) is 25.5 Å². The van der Waals surface area contributed by atoms with E-state index in [1.165, 1.54) is 50.9 Å². The molecule has 0 spiro atoms. The SMILES string of the molecule is CC(C)P(C(C)C)N1CCN2CC[N+]3=C(C=C21)N(P(C(C)C)C(C)C)CC3. The molecule has 0 aromatic carbocycles. The Morgan fingerprint density at radius 1 is 0.704 bits per heavy atom. The summed E-state index contributed by atoms with van der Waals surface area (Å²) >= 11 is 0. The van der Waals surface area contributed by atoms with Gasteiger partial charge < -0.3 is 9.57 Å². The lowest BCUT2D eigenvalue weighted by Gasteiger charge is -2.37. The number of fused-ring (bicyclic) bond motifs is 1. The zero-order valence-corrected chi connectivity index (χ0v) is 20.6. The van der Waals surface area contributed by atoms with Crippen molar-refractivity contribution in [1.82, 2.24) is 14.2 Å². The molecular formula is C21H41N4P2+. The fourth-order valence-corrected chi connectivity index (χ4v) is 11.2. The topological polar surface area (TPSA) is 12.7 Å². The van der Waals surface area contributed by atoms with Gasteiger partial charge in [0.25, 0.3) is 5.84 Å². The second kappa shape index (κ2) is 8.58. The van der Waals surface area contributed by atoms with Gasteiger partial charge in [-0.05, 0) is 19.4 Å². The summed E-state index contributed by atoms with van der Waals surface area (Å²) in [6, 6.07) is 0. The second-order valence-corrected chi connectivity index (χ2v) is 15.8. The lowest BCUT2D eigenvalue weighted by Crippen LogP contribution is -2.30. The van der Waals surface area contributed by atoms with Crippen LogP contribution in [-0.4, -0.2) is 86.6 Å². The molecule has 154 valence electrons. The monoisotopic (exact) mass is 411 g/mol. The average molecular weight is 412 g/mol. The first-order valence-corrected chi connectivity index (χ1v) is 13.8. The number of nitrogens with zero attached hydrogens (tertiary/aromatic N) is 4. The van der Waals surface area contributed by atoms with E-state index in [-0.39, 0.29) is 16.1 Å². The molecule has 0 atom stereocenters. The van der Waals surface area contributed by atoms with Gasteiger partial charge in [-0.15, -0.1) is 0 Å². The minimum atomic E-state index is -0.129. The van der Waals surface area contributed by atoms with E-state index in [4.69, 9.17) is 0 Å². The molecule has 6 heteroatoms. The van der Waals surface area contributed by atoms with Gasteiger partial charge in [-0.25, -0.2) is 4.67 Å². The molecule has 0 aromatic heterocycles. The largest absolute Gasteiger partial charge is 0.352 e. The molecule has 0 aromatic rings. The molecule has 3 rings (SSSR count).